The van der Waals surface area contributed by atoms with Crippen LogP contribution in [0.4, 0.5) is 5.69 Å². The van der Waals surface area contributed by atoms with Crippen LogP contribution in [0.25, 0.3) is 0 Å². The molecule has 0 fully saturated rings. The van der Waals surface area contributed by atoms with E-state index in [2.05, 4.69) is 18.2 Å². The Labute approximate surface area is 173 Å². The molecule has 1 aliphatic heterocycles. The average Bonchev–Trinajstić information content (AvgIpc) is 3.32. The highest BCUT2D eigenvalue weighted by atomic mass is 32.2. The van der Waals surface area contributed by atoms with Crippen molar-refractivity contribution in [2.75, 3.05) is 24.5 Å². The molecule has 5 nitrogen and oxygen atoms in total. The Kier molecular flexibility index (Phi) is 5.49. The van der Waals surface area contributed by atoms with Crippen LogP contribution in [0.15, 0.2) is 47.4 Å². The van der Waals surface area contributed by atoms with Gasteiger partial charge in [-0.15, -0.1) is 0 Å². The largest absolute Gasteiger partial charge is 0.312 e. The van der Waals surface area contributed by atoms with E-state index in [9.17, 15) is 13.2 Å². The maximum atomic E-state index is 13.1. The number of sulfonamides is 1. The second-order valence-electron chi connectivity index (χ2n) is 7.81. The van der Waals surface area contributed by atoms with E-state index >= 15 is 0 Å². The average molecular weight is 413 g/mol. The Hall–Kier alpha value is -2.18. The third-order valence-corrected chi connectivity index (χ3v) is 8.31. The molecule has 0 N–H and O–H groups in total. The Morgan fingerprint density at radius 2 is 1.83 bits per heavy atom. The van der Waals surface area contributed by atoms with E-state index in [0.717, 1.165) is 24.1 Å². The van der Waals surface area contributed by atoms with Gasteiger partial charge in [0.15, 0.2) is 0 Å². The third-order valence-electron chi connectivity index (χ3n) is 6.27. The molecule has 29 heavy (non-hydrogen) atoms. The Bertz CT molecular complexity index is 1030. The molecule has 1 aliphatic carbocycles. The van der Waals surface area contributed by atoms with Crippen LogP contribution >= 0.6 is 0 Å². The number of anilines is 1. The van der Waals surface area contributed by atoms with Gasteiger partial charge >= 0.3 is 0 Å². The molecule has 1 atom stereocenters. The lowest BCUT2D eigenvalue weighted by Gasteiger charge is -2.21. The summed E-state index contributed by atoms with van der Waals surface area (Å²) in [4.78, 5) is 15.2. The maximum absolute atomic E-state index is 13.1. The zero-order valence-corrected chi connectivity index (χ0v) is 17.9. The van der Waals surface area contributed by atoms with Crippen molar-refractivity contribution in [2.24, 2.45) is 0 Å². The van der Waals surface area contributed by atoms with Crippen molar-refractivity contribution in [3.05, 3.63) is 59.2 Å². The molecule has 1 amide bonds. The number of rotatable bonds is 6. The predicted molar refractivity (Wildman–Crippen MR) is 115 cm³/mol. The van der Waals surface area contributed by atoms with Crippen LogP contribution in [-0.2, 0) is 27.7 Å². The summed E-state index contributed by atoms with van der Waals surface area (Å²) in [6, 6.07) is 13.6. The van der Waals surface area contributed by atoms with Gasteiger partial charge in [0.1, 0.15) is 0 Å². The lowest BCUT2D eigenvalue weighted by atomic mass is 9.97. The number of amides is 1. The van der Waals surface area contributed by atoms with Crippen LogP contribution in [0.3, 0.4) is 0 Å². The first kappa shape index (κ1) is 20.1. The van der Waals surface area contributed by atoms with Crippen LogP contribution in [0.5, 0.6) is 0 Å². The normalized spacial score (nSPS) is 18.2. The molecule has 0 aromatic heterocycles. The van der Waals surface area contributed by atoms with Gasteiger partial charge in [-0.05, 0) is 60.1 Å². The number of nitrogens with zero attached hydrogens (tertiary/aromatic N) is 2. The van der Waals surface area contributed by atoms with Crippen LogP contribution in [0.2, 0.25) is 0 Å². The fourth-order valence-electron chi connectivity index (χ4n) is 4.69. The van der Waals surface area contributed by atoms with Gasteiger partial charge < -0.3 is 4.90 Å². The third kappa shape index (κ3) is 3.60. The van der Waals surface area contributed by atoms with Gasteiger partial charge in [-0.1, -0.05) is 38.1 Å². The standard InChI is InChI=1S/C23H28N2O3S/c1-3-24(4-2)29(27,28)20-11-12-22-19(15-20)13-14-25(22)23(26)16-18-10-9-17-7-5-6-8-21(17)18/h5-8,11-12,15,18H,3-4,9-10,13-14,16H2,1-2H3. The summed E-state index contributed by atoms with van der Waals surface area (Å²) in [5.41, 5.74) is 4.47. The Morgan fingerprint density at radius 3 is 2.59 bits per heavy atom. The molecular formula is C23H28N2O3S. The monoisotopic (exact) mass is 412 g/mol. The molecular weight excluding hydrogens is 384 g/mol. The molecule has 2 aromatic rings. The summed E-state index contributed by atoms with van der Waals surface area (Å²) < 4.78 is 27.1. The van der Waals surface area contributed by atoms with Crippen molar-refractivity contribution in [3.8, 4) is 0 Å². The first-order valence-electron chi connectivity index (χ1n) is 10.5. The fourth-order valence-corrected chi connectivity index (χ4v) is 6.20. The van der Waals surface area contributed by atoms with Gasteiger partial charge in [0, 0.05) is 31.7 Å². The fraction of sp³-hybridized carbons (Fsp3) is 0.435. The van der Waals surface area contributed by atoms with Gasteiger partial charge in [0.2, 0.25) is 15.9 Å². The van der Waals surface area contributed by atoms with Crippen molar-refractivity contribution in [1.29, 1.82) is 0 Å². The van der Waals surface area contributed by atoms with E-state index in [1.807, 2.05) is 24.8 Å². The summed E-state index contributed by atoms with van der Waals surface area (Å²) in [7, 11) is -3.48. The van der Waals surface area contributed by atoms with Gasteiger partial charge in [-0.3, -0.25) is 4.79 Å². The topological polar surface area (TPSA) is 57.7 Å². The maximum Gasteiger partial charge on any atom is 0.243 e. The van der Waals surface area contributed by atoms with E-state index < -0.39 is 10.0 Å². The number of carbonyl (C=O) groups is 1. The van der Waals surface area contributed by atoms with E-state index in [1.165, 1.54) is 15.4 Å². The molecule has 1 heterocycles. The molecule has 6 heteroatoms. The van der Waals surface area contributed by atoms with E-state index in [4.69, 9.17) is 0 Å². The number of hydrogen-bond acceptors (Lipinski definition) is 3. The second kappa shape index (κ2) is 7.92. The first-order chi connectivity index (χ1) is 14.0. The zero-order chi connectivity index (χ0) is 20.6. The molecule has 0 spiro atoms. The first-order valence-corrected chi connectivity index (χ1v) is 11.9. The van der Waals surface area contributed by atoms with E-state index in [-0.39, 0.29) is 11.8 Å². The minimum absolute atomic E-state index is 0.129. The van der Waals surface area contributed by atoms with Crippen molar-refractivity contribution in [3.63, 3.8) is 0 Å². The summed E-state index contributed by atoms with van der Waals surface area (Å²) in [5.74, 6) is 0.412. The van der Waals surface area contributed by atoms with Crippen molar-refractivity contribution < 1.29 is 13.2 Å². The molecule has 4 rings (SSSR count). The number of carbonyl (C=O) groups excluding carboxylic acids is 1. The Balaban J connectivity index is 1.53. The van der Waals surface area contributed by atoms with Crippen LogP contribution in [0.1, 0.15) is 49.3 Å². The Morgan fingerprint density at radius 1 is 1.07 bits per heavy atom. The van der Waals surface area contributed by atoms with Gasteiger partial charge in [0.05, 0.1) is 4.90 Å². The van der Waals surface area contributed by atoms with Crippen LogP contribution in [0, 0.1) is 0 Å². The summed E-state index contributed by atoms with van der Waals surface area (Å²) in [6.07, 6.45) is 3.27. The predicted octanol–water partition coefficient (Wildman–Crippen LogP) is 3.73. The molecule has 0 radical (unpaired) electrons. The molecule has 154 valence electrons. The van der Waals surface area contributed by atoms with Crippen molar-refractivity contribution in [1.82, 2.24) is 4.31 Å². The minimum atomic E-state index is -3.48. The summed E-state index contributed by atoms with van der Waals surface area (Å²) in [6.45, 7) is 5.20. The lowest BCUT2D eigenvalue weighted by molar-refractivity contribution is -0.118. The van der Waals surface area contributed by atoms with E-state index in [0.29, 0.717) is 37.4 Å². The number of benzene rings is 2. The number of fused-ring (bicyclic) bond motifs is 2. The number of aryl methyl sites for hydroxylation is 1. The molecule has 0 saturated carbocycles. The summed E-state index contributed by atoms with van der Waals surface area (Å²) in [5, 5.41) is 0. The zero-order valence-electron chi connectivity index (χ0n) is 17.1. The smallest absolute Gasteiger partial charge is 0.243 e. The van der Waals surface area contributed by atoms with Gasteiger partial charge in [0.25, 0.3) is 0 Å². The van der Waals surface area contributed by atoms with Crippen LogP contribution < -0.4 is 4.90 Å². The second-order valence-corrected chi connectivity index (χ2v) is 9.75. The van der Waals surface area contributed by atoms with Crippen LogP contribution in [-0.4, -0.2) is 38.3 Å². The SMILES string of the molecule is CCN(CC)S(=O)(=O)c1ccc2c(c1)CCN2C(=O)CC1CCc2ccccc21. The van der Waals surface area contributed by atoms with Gasteiger partial charge in [-0.2, -0.15) is 4.31 Å². The van der Waals surface area contributed by atoms with Gasteiger partial charge in [-0.25, -0.2) is 8.42 Å². The highest BCUT2D eigenvalue weighted by molar-refractivity contribution is 7.89. The summed E-state index contributed by atoms with van der Waals surface area (Å²) >= 11 is 0. The molecule has 0 bridgehead atoms. The van der Waals surface area contributed by atoms with E-state index in [1.54, 1.807) is 18.2 Å². The number of hydrogen-bond donors (Lipinski definition) is 0. The highest BCUT2D eigenvalue weighted by Gasteiger charge is 2.31. The van der Waals surface area contributed by atoms with Crippen molar-refractivity contribution >= 4 is 21.6 Å². The van der Waals surface area contributed by atoms with Crippen molar-refractivity contribution in [2.45, 2.75) is 50.3 Å². The molecule has 0 saturated heterocycles. The quantitative estimate of drug-likeness (QED) is 0.726. The molecule has 2 aromatic carbocycles. The molecule has 2 aliphatic rings. The molecule has 1 unspecified atom stereocenters. The lowest BCUT2D eigenvalue weighted by Crippen LogP contribution is -2.31. The minimum Gasteiger partial charge on any atom is -0.312 e. The highest BCUT2D eigenvalue weighted by Crippen LogP contribution is 2.37.